The highest BCUT2D eigenvalue weighted by Crippen LogP contribution is 2.38. The van der Waals surface area contributed by atoms with Crippen LogP contribution < -0.4 is 9.47 Å². The Labute approximate surface area is 127 Å². The quantitative estimate of drug-likeness (QED) is 0.945. The number of rotatable bonds is 3. The maximum Gasteiger partial charge on any atom is 0.174 e. The lowest BCUT2D eigenvalue weighted by atomic mass is 9.95. The zero-order valence-corrected chi connectivity index (χ0v) is 12.3. The van der Waals surface area contributed by atoms with Crippen LogP contribution in [0.5, 0.6) is 17.2 Å². The highest BCUT2D eigenvalue weighted by molar-refractivity contribution is 6.22. The van der Waals surface area contributed by atoms with Gasteiger partial charge in [-0.25, -0.2) is 0 Å². The molecule has 0 atom stereocenters. The van der Waals surface area contributed by atoms with Gasteiger partial charge in [-0.15, -0.1) is 0 Å². The third-order valence-corrected chi connectivity index (χ3v) is 3.57. The van der Waals surface area contributed by atoms with E-state index in [1.54, 1.807) is 43.5 Å². The van der Waals surface area contributed by atoms with E-state index in [4.69, 9.17) is 9.47 Å². The fourth-order valence-corrected chi connectivity index (χ4v) is 2.47. The van der Waals surface area contributed by atoms with E-state index in [9.17, 15) is 9.90 Å². The van der Waals surface area contributed by atoms with Gasteiger partial charge in [-0.05, 0) is 29.8 Å². The molecule has 5 nitrogen and oxygen atoms in total. The summed E-state index contributed by atoms with van der Waals surface area (Å²) in [5, 5.41) is 9.36. The molecule has 0 aliphatic carbocycles. The maximum absolute atomic E-state index is 12.5. The average molecular weight is 297 g/mol. The molecule has 0 unspecified atom stereocenters. The maximum atomic E-state index is 12.5. The van der Waals surface area contributed by atoms with Crippen molar-refractivity contribution in [3.63, 3.8) is 0 Å². The van der Waals surface area contributed by atoms with E-state index in [0.29, 0.717) is 28.5 Å². The number of carbonyl (C=O) groups is 1. The van der Waals surface area contributed by atoms with Crippen LogP contribution in [0.3, 0.4) is 0 Å². The Bertz CT molecular complexity index is 763. The van der Waals surface area contributed by atoms with E-state index in [0.717, 1.165) is 5.56 Å². The monoisotopic (exact) mass is 297 g/mol. The van der Waals surface area contributed by atoms with Crippen LogP contribution in [0.4, 0.5) is 5.69 Å². The first-order valence-electron chi connectivity index (χ1n) is 6.78. The lowest BCUT2D eigenvalue weighted by Gasteiger charge is -2.18. The van der Waals surface area contributed by atoms with Crippen molar-refractivity contribution in [3.8, 4) is 17.2 Å². The molecule has 1 heterocycles. The standard InChI is InChI=1S/C17H15NO4/c1-21-12-7-14-17(16(8-12)22-2)15(20)9-13(18-14)10-3-5-11(19)6-4-10/h3-8,19H,9H2,1-2H3. The molecule has 0 spiro atoms. The zero-order chi connectivity index (χ0) is 15.7. The second-order valence-corrected chi connectivity index (χ2v) is 4.93. The number of ketones is 1. The number of hydrogen-bond donors (Lipinski definition) is 1. The molecule has 3 rings (SSSR count). The SMILES string of the molecule is COc1cc2c(c(OC)c1)C(=O)CC(c1ccc(O)cc1)=N2. The molecular formula is C17H15NO4. The van der Waals surface area contributed by atoms with Crippen molar-refractivity contribution < 1.29 is 19.4 Å². The van der Waals surface area contributed by atoms with Crippen LogP contribution in [0.1, 0.15) is 22.3 Å². The zero-order valence-electron chi connectivity index (χ0n) is 12.3. The van der Waals surface area contributed by atoms with Gasteiger partial charge in [-0.1, -0.05) is 0 Å². The lowest BCUT2D eigenvalue weighted by Crippen LogP contribution is -2.15. The summed E-state index contributed by atoms with van der Waals surface area (Å²) in [6, 6.07) is 10.0. The molecule has 2 aromatic rings. The number of ether oxygens (including phenoxy) is 2. The highest BCUT2D eigenvalue weighted by Gasteiger charge is 2.25. The van der Waals surface area contributed by atoms with Crippen LogP contribution in [0.2, 0.25) is 0 Å². The molecule has 0 saturated carbocycles. The summed E-state index contributed by atoms with van der Waals surface area (Å²) in [5.74, 6) is 1.18. The molecule has 0 saturated heterocycles. The van der Waals surface area contributed by atoms with Gasteiger partial charge >= 0.3 is 0 Å². The van der Waals surface area contributed by atoms with Crippen LogP contribution in [0.15, 0.2) is 41.4 Å². The Morgan fingerprint density at radius 2 is 1.82 bits per heavy atom. The van der Waals surface area contributed by atoms with Crippen molar-refractivity contribution in [2.24, 2.45) is 4.99 Å². The summed E-state index contributed by atoms with van der Waals surface area (Å²) >= 11 is 0. The topological polar surface area (TPSA) is 68.1 Å². The number of Topliss-reactive ketones (excluding diaryl/α,β-unsaturated/α-hetero) is 1. The van der Waals surface area contributed by atoms with Gasteiger partial charge in [0.05, 0.1) is 37.6 Å². The van der Waals surface area contributed by atoms with Crippen molar-refractivity contribution in [1.29, 1.82) is 0 Å². The molecule has 2 aromatic carbocycles. The van der Waals surface area contributed by atoms with Crippen molar-refractivity contribution in [2.45, 2.75) is 6.42 Å². The number of aromatic hydroxyl groups is 1. The van der Waals surface area contributed by atoms with Crippen LogP contribution in [-0.2, 0) is 0 Å². The Morgan fingerprint density at radius 1 is 1.09 bits per heavy atom. The number of methoxy groups -OCH3 is 2. The minimum atomic E-state index is -0.0485. The van der Waals surface area contributed by atoms with Crippen molar-refractivity contribution in [2.75, 3.05) is 14.2 Å². The Hall–Kier alpha value is -2.82. The fourth-order valence-electron chi connectivity index (χ4n) is 2.47. The molecule has 22 heavy (non-hydrogen) atoms. The molecule has 1 aliphatic rings. The van der Waals surface area contributed by atoms with E-state index >= 15 is 0 Å². The molecule has 1 N–H and O–H groups in total. The van der Waals surface area contributed by atoms with Crippen LogP contribution in [0.25, 0.3) is 0 Å². The minimum absolute atomic E-state index is 0.0485. The summed E-state index contributed by atoms with van der Waals surface area (Å²) < 4.78 is 10.5. The van der Waals surface area contributed by atoms with Gasteiger partial charge in [0.15, 0.2) is 5.78 Å². The van der Waals surface area contributed by atoms with Crippen LogP contribution >= 0.6 is 0 Å². The number of nitrogens with zero attached hydrogens (tertiary/aromatic N) is 1. The molecule has 0 bridgehead atoms. The van der Waals surface area contributed by atoms with E-state index in [1.807, 2.05) is 0 Å². The fraction of sp³-hybridized carbons (Fsp3) is 0.176. The molecule has 0 fully saturated rings. The normalized spacial score (nSPS) is 13.4. The van der Waals surface area contributed by atoms with E-state index in [1.165, 1.54) is 7.11 Å². The molecule has 0 radical (unpaired) electrons. The second-order valence-electron chi connectivity index (χ2n) is 4.93. The molecule has 5 heteroatoms. The molecular weight excluding hydrogens is 282 g/mol. The van der Waals surface area contributed by atoms with Crippen molar-refractivity contribution >= 4 is 17.2 Å². The summed E-state index contributed by atoms with van der Waals surface area (Å²) in [7, 11) is 3.07. The second kappa shape index (κ2) is 5.52. The van der Waals surface area contributed by atoms with Gasteiger partial charge in [0, 0.05) is 12.1 Å². The molecule has 0 aromatic heterocycles. The summed E-state index contributed by atoms with van der Waals surface area (Å²) in [5.41, 5.74) is 2.48. The van der Waals surface area contributed by atoms with E-state index < -0.39 is 0 Å². The smallest absolute Gasteiger partial charge is 0.174 e. The van der Waals surface area contributed by atoms with Gasteiger partial charge in [-0.3, -0.25) is 9.79 Å². The summed E-state index contributed by atoms with van der Waals surface area (Å²) in [6.07, 6.45) is 0.195. The summed E-state index contributed by atoms with van der Waals surface area (Å²) in [6.45, 7) is 0. The number of aliphatic imine (C=N–C) groups is 1. The number of phenols is 1. The van der Waals surface area contributed by atoms with Crippen LogP contribution in [0, 0.1) is 0 Å². The number of fused-ring (bicyclic) bond motifs is 1. The Kier molecular flexibility index (Phi) is 3.55. The van der Waals surface area contributed by atoms with E-state index in [-0.39, 0.29) is 18.0 Å². The lowest BCUT2D eigenvalue weighted by molar-refractivity contribution is 0.0997. The number of hydrogen-bond acceptors (Lipinski definition) is 5. The molecule has 1 aliphatic heterocycles. The van der Waals surface area contributed by atoms with Crippen molar-refractivity contribution in [1.82, 2.24) is 0 Å². The number of phenolic OH excluding ortho intramolecular Hbond substituents is 1. The van der Waals surface area contributed by atoms with Gasteiger partial charge in [0.2, 0.25) is 0 Å². The number of benzene rings is 2. The Balaban J connectivity index is 2.13. The van der Waals surface area contributed by atoms with Gasteiger partial charge in [-0.2, -0.15) is 0 Å². The first-order valence-corrected chi connectivity index (χ1v) is 6.78. The van der Waals surface area contributed by atoms with E-state index in [2.05, 4.69) is 4.99 Å². The third kappa shape index (κ3) is 2.41. The third-order valence-electron chi connectivity index (χ3n) is 3.57. The number of carbonyl (C=O) groups excluding carboxylic acids is 1. The summed E-state index contributed by atoms with van der Waals surface area (Å²) in [4.78, 5) is 17.0. The predicted molar refractivity (Wildman–Crippen MR) is 82.8 cm³/mol. The van der Waals surface area contributed by atoms with Gasteiger partial charge in [0.25, 0.3) is 0 Å². The first-order chi connectivity index (χ1) is 10.6. The highest BCUT2D eigenvalue weighted by atomic mass is 16.5. The minimum Gasteiger partial charge on any atom is -0.508 e. The molecule has 112 valence electrons. The first kappa shape index (κ1) is 14.1. The average Bonchev–Trinajstić information content (AvgIpc) is 2.54. The predicted octanol–water partition coefficient (Wildman–Crippen LogP) is 3.12. The Morgan fingerprint density at radius 3 is 2.45 bits per heavy atom. The largest absolute Gasteiger partial charge is 0.508 e. The molecule has 0 amide bonds. The van der Waals surface area contributed by atoms with Crippen molar-refractivity contribution in [3.05, 3.63) is 47.5 Å². The van der Waals surface area contributed by atoms with Crippen LogP contribution in [-0.4, -0.2) is 30.8 Å². The van der Waals surface area contributed by atoms with Gasteiger partial charge < -0.3 is 14.6 Å². The van der Waals surface area contributed by atoms with Gasteiger partial charge in [0.1, 0.15) is 17.2 Å².